The van der Waals surface area contributed by atoms with E-state index in [1.807, 2.05) is 23.5 Å². The highest BCUT2D eigenvalue weighted by Crippen LogP contribution is 2.21. The second-order valence-electron chi connectivity index (χ2n) is 5.92. The van der Waals surface area contributed by atoms with E-state index in [0.29, 0.717) is 6.04 Å². The average Bonchev–Trinajstić information content (AvgIpc) is 2.53. The van der Waals surface area contributed by atoms with Crippen LogP contribution in [0.3, 0.4) is 0 Å². The summed E-state index contributed by atoms with van der Waals surface area (Å²) in [6.45, 7) is 10.1. The second-order valence-corrected chi connectivity index (χ2v) is 8.37. The van der Waals surface area contributed by atoms with Crippen LogP contribution in [-0.4, -0.2) is 90.0 Å². The lowest BCUT2D eigenvalue weighted by molar-refractivity contribution is -0.0117. The van der Waals surface area contributed by atoms with E-state index >= 15 is 0 Å². The van der Waals surface area contributed by atoms with Crippen molar-refractivity contribution in [1.29, 1.82) is 0 Å². The topological polar surface area (TPSA) is 84.5 Å². The molecule has 23 heavy (non-hydrogen) atoms. The fourth-order valence-electron chi connectivity index (χ4n) is 2.68. The third-order valence-electron chi connectivity index (χ3n) is 3.91. The van der Waals surface area contributed by atoms with Crippen LogP contribution < -0.4 is 17.2 Å². The number of thioether (sulfide) groups is 2. The molecule has 0 amide bonds. The van der Waals surface area contributed by atoms with Crippen LogP contribution in [0.25, 0.3) is 0 Å². The molecule has 8 heteroatoms. The minimum absolute atomic E-state index is 0.228. The highest BCUT2D eigenvalue weighted by Gasteiger charge is 2.36. The van der Waals surface area contributed by atoms with Crippen LogP contribution in [0.5, 0.6) is 0 Å². The summed E-state index contributed by atoms with van der Waals surface area (Å²) in [5.74, 6) is 4.34. The fourth-order valence-corrected chi connectivity index (χ4v) is 4.14. The Morgan fingerprint density at radius 2 is 1.57 bits per heavy atom. The zero-order chi connectivity index (χ0) is 17.7. The number of hydrogen-bond acceptors (Lipinski definition) is 8. The molecule has 0 saturated carbocycles. The van der Waals surface area contributed by atoms with Crippen LogP contribution in [0.15, 0.2) is 0 Å². The molecule has 6 N–H and O–H groups in total. The molecule has 1 fully saturated rings. The van der Waals surface area contributed by atoms with Gasteiger partial charge in [-0.25, -0.2) is 0 Å². The Bertz CT molecular complexity index is 282. The summed E-state index contributed by atoms with van der Waals surface area (Å²) in [7, 11) is 0. The lowest BCUT2D eigenvalue weighted by Gasteiger charge is -2.50. The number of thiol groups is 1. The van der Waals surface area contributed by atoms with Gasteiger partial charge in [-0.15, -0.1) is 0 Å². The molecule has 0 aromatic carbocycles. The van der Waals surface area contributed by atoms with E-state index in [4.69, 9.17) is 17.2 Å². The Morgan fingerprint density at radius 3 is 2.09 bits per heavy atom. The van der Waals surface area contributed by atoms with Crippen molar-refractivity contribution >= 4 is 36.2 Å². The quantitative estimate of drug-likeness (QED) is 0.325. The molecule has 0 aliphatic carbocycles. The Morgan fingerprint density at radius 1 is 1.04 bits per heavy atom. The van der Waals surface area contributed by atoms with Gasteiger partial charge in [-0.3, -0.25) is 9.80 Å². The first-order valence-electron chi connectivity index (χ1n) is 8.29. The zero-order valence-corrected chi connectivity index (χ0v) is 17.6. The average molecular weight is 384 g/mol. The van der Waals surface area contributed by atoms with Crippen molar-refractivity contribution in [3.63, 3.8) is 0 Å². The van der Waals surface area contributed by atoms with E-state index < -0.39 is 0 Å². The molecule has 1 saturated heterocycles. The molecular formula is C15H37N5S3. The van der Waals surface area contributed by atoms with Crippen molar-refractivity contribution in [2.24, 2.45) is 17.2 Å². The molecule has 0 radical (unpaired) electrons. The van der Waals surface area contributed by atoms with Gasteiger partial charge in [0, 0.05) is 68.3 Å². The van der Waals surface area contributed by atoms with Crippen molar-refractivity contribution in [2.45, 2.75) is 25.6 Å². The molecule has 1 rings (SSSR count). The minimum Gasteiger partial charge on any atom is -0.330 e. The largest absolute Gasteiger partial charge is 0.330 e. The van der Waals surface area contributed by atoms with E-state index in [9.17, 15) is 0 Å². The monoisotopic (exact) mass is 383 g/mol. The SMILES string of the molecule is CC1CN(CCSCCN)C(C)(N)CN1CCSCCN.CS. The number of nitrogens with two attached hydrogens (primary N) is 3. The Hall–Kier alpha value is 0.850. The lowest BCUT2D eigenvalue weighted by atomic mass is 10.0. The first-order valence-corrected chi connectivity index (χ1v) is 11.5. The van der Waals surface area contributed by atoms with Gasteiger partial charge < -0.3 is 17.2 Å². The highest BCUT2D eigenvalue weighted by molar-refractivity contribution is 7.99. The van der Waals surface area contributed by atoms with E-state index in [0.717, 1.165) is 62.3 Å². The smallest absolute Gasteiger partial charge is 0.0789 e. The maximum absolute atomic E-state index is 6.54. The number of rotatable bonds is 10. The zero-order valence-electron chi connectivity index (χ0n) is 15.0. The number of nitrogens with zero attached hydrogens (tertiary/aromatic N) is 2. The van der Waals surface area contributed by atoms with Gasteiger partial charge in [0.1, 0.15) is 0 Å². The third kappa shape index (κ3) is 9.79. The summed E-state index contributed by atoms with van der Waals surface area (Å²) < 4.78 is 0. The van der Waals surface area contributed by atoms with Gasteiger partial charge in [-0.05, 0) is 20.1 Å². The number of piperazine rings is 1. The Kier molecular flexibility index (Phi) is 14.6. The maximum Gasteiger partial charge on any atom is 0.0789 e. The Balaban J connectivity index is 0.00000232. The third-order valence-corrected chi connectivity index (χ3v) is 5.90. The van der Waals surface area contributed by atoms with Gasteiger partial charge in [0.25, 0.3) is 0 Å². The van der Waals surface area contributed by atoms with Gasteiger partial charge in [0.05, 0.1) is 5.66 Å². The van der Waals surface area contributed by atoms with Crippen LogP contribution in [0.1, 0.15) is 13.8 Å². The predicted molar refractivity (Wildman–Crippen MR) is 113 cm³/mol. The van der Waals surface area contributed by atoms with Gasteiger partial charge in [-0.2, -0.15) is 36.2 Å². The molecule has 1 aliphatic heterocycles. The number of hydrogen-bond donors (Lipinski definition) is 4. The van der Waals surface area contributed by atoms with Crippen molar-refractivity contribution in [3.8, 4) is 0 Å². The fraction of sp³-hybridized carbons (Fsp3) is 1.00. The van der Waals surface area contributed by atoms with Crippen LogP contribution in [0.4, 0.5) is 0 Å². The summed E-state index contributed by atoms with van der Waals surface area (Å²) >= 11 is 7.38. The van der Waals surface area contributed by atoms with Crippen molar-refractivity contribution < 1.29 is 0 Å². The summed E-state index contributed by atoms with van der Waals surface area (Å²) in [5, 5.41) is 0. The van der Waals surface area contributed by atoms with Crippen molar-refractivity contribution in [2.75, 3.05) is 68.5 Å². The van der Waals surface area contributed by atoms with Crippen molar-refractivity contribution in [1.82, 2.24) is 9.80 Å². The molecule has 0 spiro atoms. The summed E-state index contributed by atoms with van der Waals surface area (Å²) in [6.07, 6.45) is 1.69. The van der Waals surface area contributed by atoms with Gasteiger partial charge in [-0.1, -0.05) is 0 Å². The molecule has 140 valence electrons. The molecule has 2 atom stereocenters. The minimum atomic E-state index is -0.228. The molecule has 0 aromatic rings. The predicted octanol–water partition coefficient (Wildman–Crippen LogP) is 0.597. The molecule has 5 nitrogen and oxygen atoms in total. The summed E-state index contributed by atoms with van der Waals surface area (Å²) in [4.78, 5) is 4.96. The highest BCUT2D eigenvalue weighted by atomic mass is 32.2. The van der Waals surface area contributed by atoms with E-state index in [2.05, 4.69) is 36.3 Å². The summed E-state index contributed by atoms with van der Waals surface area (Å²) in [5.41, 5.74) is 17.4. The lowest BCUT2D eigenvalue weighted by Crippen LogP contribution is -2.68. The van der Waals surface area contributed by atoms with Crippen LogP contribution >= 0.6 is 36.2 Å². The van der Waals surface area contributed by atoms with Crippen LogP contribution in [0, 0.1) is 0 Å². The van der Waals surface area contributed by atoms with Crippen molar-refractivity contribution in [3.05, 3.63) is 0 Å². The molecule has 0 aromatic heterocycles. The van der Waals surface area contributed by atoms with E-state index in [-0.39, 0.29) is 5.66 Å². The maximum atomic E-state index is 6.54. The van der Waals surface area contributed by atoms with E-state index in [1.165, 1.54) is 0 Å². The van der Waals surface area contributed by atoms with Crippen LogP contribution in [-0.2, 0) is 0 Å². The first kappa shape index (κ1) is 23.9. The van der Waals surface area contributed by atoms with E-state index in [1.54, 1.807) is 6.26 Å². The molecular weight excluding hydrogens is 346 g/mol. The van der Waals surface area contributed by atoms with Gasteiger partial charge >= 0.3 is 0 Å². The molecule has 1 aliphatic rings. The molecule has 0 bridgehead atoms. The second kappa shape index (κ2) is 14.1. The molecule has 2 unspecified atom stereocenters. The van der Waals surface area contributed by atoms with Gasteiger partial charge in [0.15, 0.2) is 0 Å². The first-order chi connectivity index (χ1) is 11.0. The summed E-state index contributed by atoms with van der Waals surface area (Å²) in [6, 6.07) is 0.569. The van der Waals surface area contributed by atoms with Gasteiger partial charge in [0.2, 0.25) is 0 Å². The Labute approximate surface area is 157 Å². The molecule has 1 heterocycles. The standard InChI is InChI=1S/C14H33N5S2.CH4S/c1-13-11-19(6-10-21-8-4-16)14(2,17)12-18(13)5-9-20-7-3-15;1-2/h13H,3-12,15-17H2,1-2H3;2H,1H3. The van der Waals surface area contributed by atoms with Crippen LogP contribution in [0.2, 0.25) is 0 Å². The normalized spacial score (nSPS) is 26.0.